The van der Waals surface area contributed by atoms with E-state index in [-0.39, 0.29) is 119 Å². The zero-order chi connectivity index (χ0) is 44.2. The second-order valence-electron chi connectivity index (χ2n) is 18.2. The predicted molar refractivity (Wildman–Crippen MR) is 219 cm³/mol. The van der Waals surface area contributed by atoms with Crippen LogP contribution >= 0.6 is 0 Å². The number of nitrogens with zero attached hydrogens (tertiary/aromatic N) is 1. The van der Waals surface area contributed by atoms with Crippen LogP contribution in [0, 0.1) is 21.7 Å². The molecule has 57 heavy (non-hydrogen) atoms. The van der Waals surface area contributed by atoms with Gasteiger partial charge in [-0.3, -0.25) is 28.8 Å². The zero-order valence-electron chi connectivity index (χ0n) is 37.2. The summed E-state index contributed by atoms with van der Waals surface area (Å²) in [6.45, 7) is 24.8. The summed E-state index contributed by atoms with van der Waals surface area (Å²) in [5, 5.41) is 23.5. The minimum Gasteiger partial charge on any atom is -0.480 e. The minimum atomic E-state index is -1.14. The lowest BCUT2D eigenvalue weighted by Crippen LogP contribution is -2.48. The highest BCUT2D eigenvalue weighted by Crippen LogP contribution is 2.36. The molecule has 0 aliphatic heterocycles. The first-order chi connectivity index (χ1) is 26.2. The van der Waals surface area contributed by atoms with E-state index < -0.39 is 34.2 Å². The van der Waals surface area contributed by atoms with Gasteiger partial charge in [-0.15, -0.1) is 0 Å². The molecule has 0 aliphatic carbocycles. The molecule has 6 amide bonds. The van der Waals surface area contributed by atoms with Gasteiger partial charge in [0.25, 0.3) is 0 Å². The Kier molecular flexibility index (Phi) is 23.2. The topological polar surface area (TPSA) is 222 Å². The van der Waals surface area contributed by atoms with E-state index in [9.17, 15) is 38.7 Å². The average Bonchev–Trinajstić information content (AvgIpc) is 3.07. The fourth-order valence-corrected chi connectivity index (χ4v) is 5.86. The average molecular weight is 813 g/mol. The molecule has 6 N–H and O–H groups in total. The number of carbonyl (C=O) groups excluding carboxylic acids is 6. The van der Waals surface area contributed by atoms with Crippen molar-refractivity contribution in [3.8, 4) is 0 Å². The van der Waals surface area contributed by atoms with Crippen molar-refractivity contribution in [3.63, 3.8) is 0 Å². The van der Waals surface area contributed by atoms with Gasteiger partial charge in [-0.05, 0) is 58.8 Å². The minimum absolute atomic E-state index is 0.0368. The second kappa shape index (κ2) is 24.9. The van der Waals surface area contributed by atoms with E-state index >= 15 is 0 Å². The van der Waals surface area contributed by atoms with Crippen LogP contribution in [0.3, 0.4) is 0 Å². The number of aliphatic carboxylic acids is 1. The summed E-state index contributed by atoms with van der Waals surface area (Å²) in [6.07, 6.45) is 2.14. The third-order valence-corrected chi connectivity index (χ3v) is 9.70. The van der Waals surface area contributed by atoms with Gasteiger partial charge >= 0.3 is 5.97 Å². The number of carboxylic acids is 1. The van der Waals surface area contributed by atoms with Gasteiger partial charge in [0.2, 0.25) is 35.4 Å². The number of ether oxygens (including phenoxy) is 2. The van der Waals surface area contributed by atoms with E-state index in [4.69, 9.17) is 9.47 Å². The van der Waals surface area contributed by atoms with Gasteiger partial charge in [0.1, 0.15) is 19.1 Å². The largest absolute Gasteiger partial charge is 0.480 e. The molecular weight excluding hydrogens is 736 g/mol. The Morgan fingerprint density at radius 2 is 1.09 bits per heavy atom. The summed E-state index contributed by atoms with van der Waals surface area (Å²) in [5.41, 5.74) is -2.50. The van der Waals surface area contributed by atoms with Gasteiger partial charge < -0.3 is 46.1 Å². The normalized spacial score (nSPS) is 12.8. The Hall–Kier alpha value is -3.79. The van der Waals surface area contributed by atoms with Crippen molar-refractivity contribution in [2.45, 2.75) is 147 Å². The fourth-order valence-electron chi connectivity index (χ4n) is 5.86. The van der Waals surface area contributed by atoms with Gasteiger partial charge in [-0.2, -0.15) is 0 Å². The number of carbonyl (C=O) groups is 7. The highest BCUT2D eigenvalue weighted by molar-refractivity contribution is 5.90. The Morgan fingerprint density at radius 3 is 1.56 bits per heavy atom. The summed E-state index contributed by atoms with van der Waals surface area (Å²) in [6, 6.07) is -1.36. The molecule has 0 spiro atoms. The van der Waals surface area contributed by atoms with E-state index in [1.54, 1.807) is 55.4 Å². The molecule has 0 unspecified atom stereocenters. The van der Waals surface area contributed by atoms with Crippen LogP contribution in [-0.4, -0.2) is 122 Å². The van der Waals surface area contributed by atoms with Gasteiger partial charge in [-0.25, -0.2) is 4.79 Å². The van der Waals surface area contributed by atoms with E-state index in [1.807, 2.05) is 13.8 Å². The molecular formula is C41H76N6O10. The first-order valence-corrected chi connectivity index (χ1v) is 20.3. The number of hydrogen-bond donors (Lipinski definition) is 6. The first-order valence-electron chi connectivity index (χ1n) is 20.3. The van der Waals surface area contributed by atoms with Crippen LogP contribution in [0.4, 0.5) is 0 Å². The Balaban J connectivity index is 4.59. The fraction of sp³-hybridized carbons (Fsp3) is 0.829. The van der Waals surface area contributed by atoms with Crippen molar-refractivity contribution < 1.29 is 48.1 Å². The summed E-state index contributed by atoms with van der Waals surface area (Å²) >= 11 is 0. The Morgan fingerprint density at radius 1 is 0.614 bits per heavy atom. The molecule has 16 nitrogen and oxygen atoms in total. The molecule has 0 heterocycles. The van der Waals surface area contributed by atoms with Crippen LogP contribution < -0.4 is 26.6 Å². The number of nitrogens with one attached hydrogen (secondary N) is 5. The Labute approximate surface area is 341 Å². The molecule has 0 rings (SSSR count). The van der Waals surface area contributed by atoms with Gasteiger partial charge in [0.15, 0.2) is 0 Å². The maximum Gasteiger partial charge on any atom is 0.326 e. The number of hydrogen-bond acceptors (Lipinski definition) is 9. The SMILES string of the molecule is CCC(C)(C)CC(C)(C)C(=O)N[C@@H](CCC(C)(C)C(=O)NCCOCCOCCC(C)(C)C(=O)NCCC(=O)N(CC(=O)NC(C)C)CC(=O)NC(C)C)C(=O)O. The van der Waals surface area contributed by atoms with Crippen LogP contribution in [0.5, 0.6) is 0 Å². The van der Waals surface area contributed by atoms with Crippen LogP contribution in [0.1, 0.15) is 129 Å². The van der Waals surface area contributed by atoms with Crippen molar-refractivity contribution in [2.75, 3.05) is 52.6 Å². The van der Waals surface area contributed by atoms with Crippen molar-refractivity contribution in [1.29, 1.82) is 0 Å². The quantitative estimate of drug-likeness (QED) is 0.0606. The Bertz CT molecular complexity index is 1300. The van der Waals surface area contributed by atoms with Crippen LogP contribution in [-0.2, 0) is 43.0 Å². The molecule has 330 valence electrons. The summed E-state index contributed by atoms with van der Waals surface area (Å²) in [7, 11) is 0. The highest BCUT2D eigenvalue weighted by atomic mass is 16.5. The molecule has 0 fully saturated rings. The maximum absolute atomic E-state index is 13.0. The van der Waals surface area contributed by atoms with Crippen molar-refractivity contribution in [2.24, 2.45) is 21.7 Å². The van der Waals surface area contributed by atoms with Gasteiger partial charge in [-0.1, -0.05) is 68.7 Å². The molecule has 0 radical (unpaired) electrons. The molecule has 1 atom stereocenters. The lowest BCUT2D eigenvalue weighted by atomic mass is 9.73. The third-order valence-electron chi connectivity index (χ3n) is 9.70. The van der Waals surface area contributed by atoms with E-state index in [1.165, 1.54) is 4.90 Å². The van der Waals surface area contributed by atoms with E-state index in [0.29, 0.717) is 12.8 Å². The molecule has 0 saturated carbocycles. The molecule has 0 aromatic rings. The third kappa shape index (κ3) is 22.7. The van der Waals surface area contributed by atoms with Crippen molar-refractivity contribution in [1.82, 2.24) is 31.5 Å². The van der Waals surface area contributed by atoms with Gasteiger partial charge in [0.05, 0.1) is 19.8 Å². The maximum atomic E-state index is 13.0. The van der Waals surface area contributed by atoms with E-state index in [0.717, 1.165) is 6.42 Å². The van der Waals surface area contributed by atoms with Crippen LogP contribution in [0.2, 0.25) is 0 Å². The molecule has 0 aliphatic rings. The van der Waals surface area contributed by atoms with E-state index in [2.05, 4.69) is 47.4 Å². The second-order valence-corrected chi connectivity index (χ2v) is 18.2. The summed E-state index contributed by atoms with van der Waals surface area (Å²) in [4.78, 5) is 89.5. The zero-order valence-corrected chi connectivity index (χ0v) is 37.2. The number of amides is 6. The van der Waals surface area contributed by atoms with Gasteiger partial charge in [0, 0.05) is 54.4 Å². The lowest BCUT2D eigenvalue weighted by molar-refractivity contribution is -0.144. The number of carboxylic acid groups (broad SMARTS) is 1. The highest BCUT2D eigenvalue weighted by Gasteiger charge is 2.37. The molecule has 0 aromatic carbocycles. The molecule has 0 saturated heterocycles. The molecule has 0 bridgehead atoms. The van der Waals surface area contributed by atoms with Crippen molar-refractivity contribution >= 4 is 41.4 Å². The van der Waals surface area contributed by atoms with Crippen molar-refractivity contribution in [3.05, 3.63) is 0 Å². The number of rotatable bonds is 29. The first kappa shape index (κ1) is 53.2. The summed E-state index contributed by atoms with van der Waals surface area (Å²) < 4.78 is 11.2. The molecule has 0 aromatic heterocycles. The van der Waals surface area contributed by atoms with Crippen LogP contribution in [0.25, 0.3) is 0 Å². The molecule has 16 heteroatoms. The monoisotopic (exact) mass is 813 g/mol. The smallest absolute Gasteiger partial charge is 0.326 e. The van der Waals surface area contributed by atoms with Crippen LogP contribution in [0.15, 0.2) is 0 Å². The summed E-state index contributed by atoms with van der Waals surface area (Å²) in [5.74, 6) is -3.19. The standard InChI is InChI=1S/C41H76N6O10/c1-14-38(6,7)27-41(12,13)37(55)46-30(34(51)52)15-17-39(8,9)35(53)43-20-22-57-24-23-56-21-18-40(10,11)36(54)42-19-16-33(50)47(25-31(48)44-28(2)3)26-32(49)45-29(4)5/h28-30H,14-27H2,1-13H3,(H,42,54)(H,43,53)(H,44,48)(H,45,49)(H,46,55)(H,51,52)/t30-/m0/s1. The lowest BCUT2D eigenvalue weighted by Gasteiger charge is -2.34. The predicted octanol–water partition coefficient (Wildman–Crippen LogP) is 3.16.